The second-order valence-electron chi connectivity index (χ2n) is 7.65. The predicted molar refractivity (Wildman–Crippen MR) is 91.4 cm³/mol. The number of amides is 1. The Morgan fingerprint density at radius 2 is 1.80 bits per heavy atom. The number of anilines is 1. The highest BCUT2D eigenvalue weighted by Crippen LogP contribution is 2.72. The normalized spacial score (nSPS) is 33.6. The van der Waals surface area contributed by atoms with E-state index in [9.17, 15) is 22.8 Å². The van der Waals surface area contributed by atoms with E-state index in [1.165, 1.54) is 18.2 Å². The van der Waals surface area contributed by atoms with Crippen molar-refractivity contribution in [1.29, 1.82) is 0 Å². The third kappa shape index (κ3) is 2.17. The molecule has 136 valence electrons. The summed E-state index contributed by atoms with van der Waals surface area (Å²) in [5, 5.41) is 2.46. The van der Waals surface area contributed by atoms with Crippen LogP contribution in [0, 0.1) is 16.2 Å². The molecule has 2 bridgehead atoms. The summed E-state index contributed by atoms with van der Waals surface area (Å²) in [7, 11) is 0. The number of hydrogen-bond donors (Lipinski definition) is 1. The summed E-state index contributed by atoms with van der Waals surface area (Å²) < 4.78 is 39.6. The molecule has 1 aromatic carbocycles. The van der Waals surface area contributed by atoms with E-state index in [1.54, 1.807) is 0 Å². The number of Topliss-reactive ketones (excluding diaryl/α,β-unsaturated/α-hetero) is 1. The zero-order valence-corrected chi connectivity index (χ0v) is 15.7. The number of fused-ring (bicyclic) bond motifs is 2. The lowest BCUT2D eigenvalue weighted by molar-refractivity contribution is -0.137. The van der Waals surface area contributed by atoms with Gasteiger partial charge in [0.25, 0.3) is 0 Å². The van der Waals surface area contributed by atoms with Gasteiger partial charge < -0.3 is 5.32 Å². The van der Waals surface area contributed by atoms with Crippen molar-refractivity contribution in [3.8, 4) is 0 Å². The minimum Gasteiger partial charge on any atom is -0.325 e. The molecule has 25 heavy (non-hydrogen) atoms. The summed E-state index contributed by atoms with van der Waals surface area (Å²) in [4.78, 5) is 25.1. The quantitative estimate of drug-likeness (QED) is 0.702. The minimum atomic E-state index is -4.57. The van der Waals surface area contributed by atoms with Crippen LogP contribution in [-0.4, -0.2) is 16.5 Å². The Morgan fingerprint density at radius 3 is 2.32 bits per heavy atom. The molecule has 2 saturated carbocycles. The monoisotopic (exact) mass is 417 g/mol. The van der Waals surface area contributed by atoms with Crippen molar-refractivity contribution in [3.05, 3.63) is 29.8 Å². The number of para-hydroxylation sites is 1. The first kappa shape index (κ1) is 18.4. The van der Waals surface area contributed by atoms with Crippen molar-refractivity contribution in [3.63, 3.8) is 0 Å². The third-order valence-corrected chi connectivity index (χ3v) is 7.80. The molecule has 0 aliphatic heterocycles. The van der Waals surface area contributed by atoms with E-state index in [2.05, 4.69) is 21.2 Å². The van der Waals surface area contributed by atoms with Crippen LogP contribution in [-0.2, 0) is 15.8 Å². The Bertz CT molecular complexity index is 761. The van der Waals surface area contributed by atoms with Gasteiger partial charge in [-0.25, -0.2) is 0 Å². The molecule has 1 amide bonds. The first-order valence-corrected chi connectivity index (χ1v) is 8.97. The van der Waals surface area contributed by atoms with Crippen molar-refractivity contribution in [2.24, 2.45) is 16.2 Å². The smallest absolute Gasteiger partial charge is 0.325 e. The highest BCUT2D eigenvalue weighted by Gasteiger charge is 2.76. The van der Waals surface area contributed by atoms with Gasteiger partial charge in [0.05, 0.1) is 21.5 Å². The van der Waals surface area contributed by atoms with E-state index < -0.39 is 38.7 Å². The van der Waals surface area contributed by atoms with E-state index in [4.69, 9.17) is 0 Å². The average Bonchev–Trinajstić information content (AvgIpc) is 2.79. The van der Waals surface area contributed by atoms with Crippen molar-refractivity contribution in [2.75, 3.05) is 5.32 Å². The van der Waals surface area contributed by atoms with Gasteiger partial charge >= 0.3 is 6.18 Å². The summed E-state index contributed by atoms with van der Waals surface area (Å²) >= 11 is 3.37. The largest absolute Gasteiger partial charge is 0.418 e. The highest BCUT2D eigenvalue weighted by atomic mass is 79.9. The van der Waals surface area contributed by atoms with Crippen LogP contribution < -0.4 is 5.32 Å². The molecular formula is C18H19BrF3NO2. The highest BCUT2D eigenvalue weighted by molar-refractivity contribution is 9.10. The number of ketones is 1. The fourth-order valence-electron chi connectivity index (χ4n) is 4.53. The summed E-state index contributed by atoms with van der Waals surface area (Å²) in [6, 6.07) is 4.89. The van der Waals surface area contributed by atoms with Gasteiger partial charge in [0.1, 0.15) is 0 Å². The number of halogens is 4. The zero-order chi connectivity index (χ0) is 18.8. The average molecular weight is 418 g/mol. The van der Waals surface area contributed by atoms with Crippen LogP contribution >= 0.6 is 15.9 Å². The van der Waals surface area contributed by atoms with Gasteiger partial charge in [-0.15, -0.1) is 0 Å². The fraction of sp³-hybridized carbons (Fsp3) is 0.556. The maximum Gasteiger partial charge on any atom is 0.418 e. The van der Waals surface area contributed by atoms with Gasteiger partial charge in [0.15, 0.2) is 5.78 Å². The Morgan fingerprint density at radius 1 is 1.20 bits per heavy atom. The lowest BCUT2D eigenvalue weighted by Gasteiger charge is -2.39. The summed E-state index contributed by atoms with van der Waals surface area (Å²) in [5.41, 5.74) is -3.58. The topological polar surface area (TPSA) is 46.2 Å². The standard InChI is InChI=1S/C18H19BrF3NO2/c1-15(2)16(3)8-9-17(15,12(19)13(16)24)14(25)23-11-7-5-4-6-10(11)18(20,21)22/h4-7,12H,8-9H2,1-3H3,(H,23,25)/t12-,16+,17-/m0/s1. The Balaban J connectivity index is 2.02. The van der Waals surface area contributed by atoms with Crippen molar-refractivity contribution in [1.82, 2.24) is 0 Å². The third-order valence-electron chi connectivity index (χ3n) is 6.61. The summed E-state index contributed by atoms with van der Waals surface area (Å²) in [6.45, 7) is 5.55. The maximum atomic E-state index is 13.2. The molecule has 0 heterocycles. The number of hydrogen-bond acceptors (Lipinski definition) is 2. The van der Waals surface area contributed by atoms with Gasteiger partial charge in [0.2, 0.25) is 5.91 Å². The molecule has 2 aliphatic carbocycles. The van der Waals surface area contributed by atoms with Crippen LogP contribution in [0.3, 0.4) is 0 Å². The second kappa shape index (κ2) is 5.32. The number of carbonyl (C=O) groups excluding carboxylic acids is 2. The van der Waals surface area contributed by atoms with E-state index in [0.717, 1.165) is 6.07 Å². The molecule has 3 rings (SSSR count). The zero-order valence-electron chi connectivity index (χ0n) is 14.1. The fourth-order valence-corrected chi connectivity index (χ4v) is 6.04. The molecule has 2 aliphatic rings. The van der Waals surface area contributed by atoms with Crippen LogP contribution in [0.5, 0.6) is 0 Å². The SMILES string of the molecule is CC1(C)[C@]2(C)CC[C@@]1(C(=O)Nc1ccccc1C(F)(F)F)[C@@H](Br)C2=O. The number of carbonyl (C=O) groups is 2. The molecule has 2 fully saturated rings. The van der Waals surface area contributed by atoms with Crippen LogP contribution in [0.15, 0.2) is 24.3 Å². The van der Waals surface area contributed by atoms with Crippen LogP contribution in [0.4, 0.5) is 18.9 Å². The molecule has 0 saturated heterocycles. The molecule has 1 aromatic rings. The molecule has 1 N–H and O–H groups in total. The van der Waals surface area contributed by atoms with Gasteiger partial charge in [-0.2, -0.15) is 13.2 Å². The van der Waals surface area contributed by atoms with E-state index >= 15 is 0 Å². The minimum absolute atomic E-state index is 0.0528. The molecule has 0 unspecified atom stereocenters. The van der Waals surface area contributed by atoms with Crippen molar-refractivity contribution >= 4 is 33.3 Å². The second-order valence-corrected chi connectivity index (χ2v) is 8.57. The van der Waals surface area contributed by atoms with Gasteiger partial charge in [0, 0.05) is 5.41 Å². The van der Waals surface area contributed by atoms with E-state index in [-0.39, 0.29) is 11.5 Å². The number of alkyl halides is 4. The first-order valence-electron chi connectivity index (χ1n) is 8.06. The van der Waals surface area contributed by atoms with Gasteiger partial charge in [-0.1, -0.05) is 48.8 Å². The molecular weight excluding hydrogens is 399 g/mol. The van der Waals surface area contributed by atoms with E-state index in [1.807, 2.05) is 20.8 Å². The lowest BCUT2D eigenvalue weighted by Crippen LogP contribution is -2.48. The number of nitrogens with one attached hydrogen (secondary N) is 1. The molecule has 3 nitrogen and oxygen atoms in total. The van der Waals surface area contributed by atoms with Crippen LogP contribution in [0.25, 0.3) is 0 Å². The number of benzene rings is 1. The lowest BCUT2D eigenvalue weighted by atomic mass is 9.64. The molecule has 0 aromatic heterocycles. The summed E-state index contributed by atoms with van der Waals surface area (Å²) in [5.74, 6) is -0.589. The predicted octanol–water partition coefficient (Wildman–Crippen LogP) is 4.80. The Kier molecular flexibility index (Phi) is 3.92. The molecule has 3 atom stereocenters. The Labute approximate surface area is 152 Å². The molecule has 7 heteroatoms. The van der Waals surface area contributed by atoms with E-state index in [0.29, 0.717) is 12.8 Å². The van der Waals surface area contributed by atoms with Crippen molar-refractivity contribution in [2.45, 2.75) is 44.6 Å². The Hall–Kier alpha value is -1.37. The van der Waals surface area contributed by atoms with Gasteiger partial charge in [-0.05, 0) is 30.4 Å². The summed E-state index contributed by atoms with van der Waals surface area (Å²) in [6.07, 6.45) is -3.56. The van der Waals surface area contributed by atoms with Crippen molar-refractivity contribution < 1.29 is 22.8 Å². The van der Waals surface area contributed by atoms with Crippen LogP contribution in [0.2, 0.25) is 0 Å². The maximum absolute atomic E-state index is 13.2. The number of rotatable bonds is 2. The first-order chi connectivity index (χ1) is 11.4. The molecule has 0 radical (unpaired) electrons. The van der Waals surface area contributed by atoms with Crippen LogP contribution in [0.1, 0.15) is 39.2 Å². The molecule has 0 spiro atoms. The van der Waals surface area contributed by atoms with Gasteiger partial charge in [-0.3, -0.25) is 9.59 Å².